The van der Waals surface area contributed by atoms with Crippen molar-refractivity contribution in [1.29, 1.82) is 0 Å². The summed E-state index contributed by atoms with van der Waals surface area (Å²) in [6.07, 6.45) is 2.91. The van der Waals surface area contributed by atoms with Gasteiger partial charge < -0.3 is 9.64 Å². The summed E-state index contributed by atoms with van der Waals surface area (Å²) >= 11 is 0. The van der Waals surface area contributed by atoms with Gasteiger partial charge in [0.15, 0.2) is 16.4 Å². The van der Waals surface area contributed by atoms with E-state index in [0.717, 1.165) is 19.1 Å². The average Bonchev–Trinajstić information content (AvgIpc) is 2.52. The van der Waals surface area contributed by atoms with Crippen LogP contribution in [0.1, 0.15) is 30.1 Å². The second-order valence-electron chi connectivity index (χ2n) is 5.91. The number of sulfone groups is 1. The van der Waals surface area contributed by atoms with Crippen LogP contribution in [0.2, 0.25) is 0 Å². The molecule has 0 spiro atoms. The second kappa shape index (κ2) is 7.12. The first-order valence-electron chi connectivity index (χ1n) is 7.53. The third-order valence-electron chi connectivity index (χ3n) is 3.97. The van der Waals surface area contributed by atoms with Gasteiger partial charge in [-0.2, -0.15) is 0 Å². The largest absolute Gasteiger partial charge is 0.452 e. The van der Waals surface area contributed by atoms with Crippen molar-refractivity contribution in [3.63, 3.8) is 0 Å². The molecular weight excluding hydrogens is 318 g/mol. The van der Waals surface area contributed by atoms with Crippen molar-refractivity contribution in [2.75, 3.05) is 26.0 Å². The van der Waals surface area contributed by atoms with Crippen molar-refractivity contribution in [3.05, 3.63) is 29.8 Å². The third-order valence-corrected chi connectivity index (χ3v) is 5.12. The molecule has 0 unspecified atom stereocenters. The Kier molecular flexibility index (Phi) is 5.41. The Balaban J connectivity index is 1.99. The standard InChI is InChI=1S/C16H21NO5S/c1-12-7-9-17(10-8-12)15(18)11-22-16(19)13-5-3-4-6-14(13)23(2,20)21/h3-6,12H,7-11H2,1-2H3. The van der Waals surface area contributed by atoms with E-state index >= 15 is 0 Å². The van der Waals surface area contributed by atoms with Crippen LogP contribution in [0.15, 0.2) is 29.2 Å². The Morgan fingerprint density at radius 2 is 1.83 bits per heavy atom. The van der Waals surface area contributed by atoms with Gasteiger partial charge in [-0.3, -0.25) is 4.79 Å². The highest BCUT2D eigenvalue weighted by atomic mass is 32.2. The number of nitrogens with zero attached hydrogens (tertiary/aromatic N) is 1. The van der Waals surface area contributed by atoms with E-state index in [0.29, 0.717) is 19.0 Å². The van der Waals surface area contributed by atoms with E-state index in [1.807, 2.05) is 0 Å². The summed E-state index contributed by atoms with van der Waals surface area (Å²) in [5.41, 5.74) is -0.0462. The second-order valence-corrected chi connectivity index (χ2v) is 7.89. The maximum atomic E-state index is 12.1. The zero-order valence-corrected chi connectivity index (χ0v) is 14.1. The topological polar surface area (TPSA) is 80.8 Å². The highest BCUT2D eigenvalue weighted by Gasteiger charge is 2.23. The van der Waals surface area contributed by atoms with Crippen LogP contribution in [0.5, 0.6) is 0 Å². The molecule has 1 amide bonds. The molecule has 0 aliphatic carbocycles. The van der Waals surface area contributed by atoms with E-state index in [4.69, 9.17) is 4.74 Å². The Hall–Kier alpha value is -1.89. The number of hydrogen-bond acceptors (Lipinski definition) is 5. The molecule has 0 N–H and O–H groups in total. The fraction of sp³-hybridized carbons (Fsp3) is 0.500. The lowest BCUT2D eigenvalue weighted by Crippen LogP contribution is -2.40. The summed E-state index contributed by atoms with van der Waals surface area (Å²) in [4.78, 5) is 25.7. The fourth-order valence-electron chi connectivity index (χ4n) is 2.51. The van der Waals surface area contributed by atoms with Crippen molar-refractivity contribution in [2.24, 2.45) is 5.92 Å². The average molecular weight is 339 g/mol. The molecule has 0 saturated carbocycles. The summed E-state index contributed by atoms with van der Waals surface area (Å²) < 4.78 is 28.4. The normalized spacial score (nSPS) is 16.2. The minimum Gasteiger partial charge on any atom is -0.452 e. The lowest BCUT2D eigenvalue weighted by Gasteiger charge is -2.30. The number of carbonyl (C=O) groups is 2. The number of likely N-dealkylation sites (tertiary alicyclic amines) is 1. The predicted octanol–water partition coefficient (Wildman–Crippen LogP) is 1.51. The zero-order chi connectivity index (χ0) is 17.0. The first-order chi connectivity index (χ1) is 10.8. The summed E-state index contributed by atoms with van der Waals surface area (Å²) in [6, 6.07) is 5.82. The van der Waals surface area contributed by atoms with Crippen molar-refractivity contribution < 1.29 is 22.7 Å². The molecule has 1 saturated heterocycles. The first-order valence-corrected chi connectivity index (χ1v) is 9.42. The van der Waals surface area contributed by atoms with Gasteiger partial charge in [0.2, 0.25) is 0 Å². The van der Waals surface area contributed by atoms with E-state index in [9.17, 15) is 18.0 Å². The number of benzene rings is 1. The number of rotatable bonds is 4. The number of amides is 1. The zero-order valence-electron chi connectivity index (χ0n) is 13.3. The molecule has 0 radical (unpaired) electrons. The maximum absolute atomic E-state index is 12.1. The van der Waals surface area contributed by atoms with Gasteiger partial charge in [-0.15, -0.1) is 0 Å². The molecule has 2 rings (SSSR count). The summed E-state index contributed by atoms with van der Waals surface area (Å²) in [5.74, 6) is -0.449. The molecule has 0 aromatic heterocycles. The van der Waals surface area contributed by atoms with E-state index < -0.39 is 15.8 Å². The predicted molar refractivity (Wildman–Crippen MR) is 84.8 cm³/mol. The van der Waals surface area contributed by atoms with Gasteiger partial charge in [0.25, 0.3) is 5.91 Å². The molecule has 1 aliphatic heterocycles. The third kappa shape index (κ3) is 4.54. The molecule has 126 valence electrons. The van der Waals surface area contributed by atoms with Gasteiger partial charge in [0, 0.05) is 19.3 Å². The quantitative estimate of drug-likeness (QED) is 0.777. The number of carbonyl (C=O) groups excluding carboxylic acids is 2. The highest BCUT2D eigenvalue weighted by molar-refractivity contribution is 7.90. The summed E-state index contributed by atoms with van der Waals surface area (Å²) in [5, 5.41) is 0. The van der Waals surface area contributed by atoms with Crippen LogP contribution in [0.4, 0.5) is 0 Å². The molecule has 6 nitrogen and oxygen atoms in total. The van der Waals surface area contributed by atoms with Crippen molar-refractivity contribution in [1.82, 2.24) is 4.90 Å². The Morgan fingerprint density at radius 1 is 1.22 bits per heavy atom. The number of esters is 1. The van der Waals surface area contributed by atoms with Crippen molar-refractivity contribution in [3.8, 4) is 0 Å². The van der Waals surface area contributed by atoms with Gasteiger partial charge >= 0.3 is 5.97 Å². The van der Waals surface area contributed by atoms with E-state index in [1.165, 1.54) is 18.2 Å². The van der Waals surface area contributed by atoms with Crippen molar-refractivity contribution >= 4 is 21.7 Å². The van der Waals surface area contributed by atoms with E-state index in [-0.39, 0.29) is 23.0 Å². The summed E-state index contributed by atoms with van der Waals surface area (Å²) in [7, 11) is -3.54. The Bertz CT molecular complexity index is 690. The molecule has 1 fully saturated rings. The molecule has 7 heteroatoms. The van der Waals surface area contributed by atoms with Crippen LogP contribution in [0.25, 0.3) is 0 Å². The van der Waals surface area contributed by atoms with Crippen LogP contribution in [0, 0.1) is 5.92 Å². The molecule has 1 aromatic carbocycles. The fourth-order valence-corrected chi connectivity index (χ4v) is 3.39. The van der Waals surface area contributed by atoms with Gasteiger partial charge in [-0.25, -0.2) is 13.2 Å². The summed E-state index contributed by atoms with van der Waals surface area (Å²) in [6.45, 7) is 3.10. The van der Waals surface area contributed by atoms with Gasteiger partial charge in [0.05, 0.1) is 10.5 Å². The smallest absolute Gasteiger partial charge is 0.339 e. The maximum Gasteiger partial charge on any atom is 0.339 e. The number of hydrogen-bond donors (Lipinski definition) is 0. The lowest BCUT2D eigenvalue weighted by atomic mass is 9.99. The highest BCUT2D eigenvalue weighted by Crippen LogP contribution is 2.18. The van der Waals surface area contributed by atoms with E-state index in [2.05, 4.69) is 6.92 Å². The van der Waals surface area contributed by atoms with Crippen molar-refractivity contribution in [2.45, 2.75) is 24.7 Å². The van der Waals surface area contributed by atoms with E-state index in [1.54, 1.807) is 11.0 Å². The van der Waals surface area contributed by atoms with Crippen LogP contribution >= 0.6 is 0 Å². The minimum atomic E-state index is -3.54. The number of piperidine rings is 1. The molecule has 1 heterocycles. The molecular formula is C16H21NO5S. The van der Waals surface area contributed by atoms with Crippen LogP contribution in [0.3, 0.4) is 0 Å². The Morgan fingerprint density at radius 3 is 2.43 bits per heavy atom. The Labute approximate surface area is 136 Å². The monoisotopic (exact) mass is 339 g/mol. The lowest BCUT2D eigenvalue weighted by molar-refractivity contribution is -0.135. The van der Waals surface area contributed by atoms with Crippen LogP contribution in [-0.4, -0.2) is 51.1 Å². The first kappa shape index (κ1) is 17.5. The molecule has 0 atom stereocenters. The van der Waals surface area contributed by atoms with Gasteiger partial charge in [0.1, 0.15) is 0 Å². The molecule has 1 aliphatic rings. The van der Waals surface area contributed by atoms with Gasteiger partial charge in [-0.1, -0.05) is 19.1 Å². The molecule has 1 aromatic rings. The van der Waals surface area contributed by atoms with Crippen LogP contribution in [-0.2, 0) is 19.4 Å². The van der Waals surface area contributed by atoms with Gasteiger partial charge in [-0.05, 0) is 30.9 Å². The molecule has 0 bridgehead atoms. The molecule has 23 heavy (non-hydrogen) atoms. The van der Waals surface area contributed by atoms with Crippen LogP contribution < -0.4 is 0 Å². The number of ether oxygens (including phenoxy) is 1. The SMILES string of the molecule is CC1CCN(C(=O)COC(=O)c2ccccc2S(C)(=O)=O)CC1. The minimum absolute atomic E-state index is 0.0462.